The van der Waals surface area contributed by atoms with Crippen LogP contribution >= 0.6 is 0 Å². The van der Waals surface area contributed by atoms with Gasteiger partial charge in [0.15, 0.2) is 6.23 Å². The average molecular weight is 517 g/mol. The molecule has 0 aromatic heterocycles. The Morgan fingerprint density at radius 2 is 1.34 bits per heavy atom. The number of azide groups is 1. The van der Waals surface area contributed by atoms with Crippen molar-refractivity contribution in [3.05, 3.63) is 118 Å². The molecule has 0 spiro atoms. The monoisotopic (exact) mass is 516 g/mol. The molecular formula is C29H32N4O5. The quantitative estimate of drug-likeness (QED) is 0.209. The van der Waals surface area contributed by atoms with Crippen LogP contribution in [0, 0.1) is 0 Å². The number of hydrogen-bond donors (Lipinski definition) is 1. The lowest BCUT2D eigenvalue weighted by Crippen LogP contribution is -2.64. The average Bonchev–Trinajstić information content (AvgIpc) is 2.94. The molecule has 198 valence electrons. The van der Waals surface area contributed by atoms with Gasteiger partial charge in [0.2, 0.25) is 5.91 Å². The number of rotatable bonds is 12. The maximum absolute atomic E-state index is 12.2. The summed E-state index contributed by atoms with van der Waals surface area (Å²) in [5.41, 5.74) is 12.2. The summed E-state index contributed by atoms with van der Waals surface area (Å²) in [6, 6.07) is 28.5. The molecule has 1 aliphatic heterocycles. The first kappa shape index (κ1) is 27.3. The van der Waals surface area contributed by atoms with Crippen LogP contribution in [0.1, 0.15) is 23.6 Å². The molecule has 0 radical (unpaired) electrons. The number of hydrogen-bond acceptors (Lipinski definition) is 6. The lowest BCUT2D eigenvalue weighted by Gasteiger charge is -2.45. The van der Waals surface area contributed by atoms with Crippen LogP contribution in [0.25, 0.3) is 10.4 Å². The molecule has 1 aliphatic rings. The van der Waals surface area contributed by atoms with E-state index >= 15 is 0 Å². The highest BCUT2D eigenvalue weighted by molar-refractivity contribution is 5.73. The van der Waals surface area contributed by atoms with Crippen LogP contribution in [0.4, 0.5) is 0 Å². The maximum atomic E-state index is 12.2. The minimum absolute atomic E-state index is 0.170. The highest BCUT2D eigenvalue weighted by Gasteiger charge is 2.47. The third kappa shape index (κ3) is 7.89. The van der Waals surface area contributed by atoms with E-state index < -0.39 is 30.6 Å². The molecule has 1 fully saturated rings. The molecule has 1 amide bonds. The minimum atomic E-state index is -1.01. The van der Waals surface area contributed by atoms with E-state index in [1.165, 1.54) is 6.92 Å². The first-order valence-electron chi connectivity index (χ1n) is 12.5. The summed E-state index contributed by atoms with van der Waals surface area (Å²) in [5.74, 6) is -0.300. The van der Waals surface area contributed by atoms with Gasteiger partial charge in [0, 0.05) is 11.8 Å². The van der Waals surface area contributed by atoms with Gasteiger partial charge in [-0.3, -0.25) is 4.79 Å². The smallest absolute Gasteiger partial charge is 0.217 e. The van der Waals surface area contributed by atoms with Gasteiger partial charge in [0.25, 0.3) is 0 Å². The van der Waals surface area contributed by atoms with Crippen molar-refractivity contribution in [3.8, 4) is 0 Å². The second-order valence-electron chi connectivity index (χ2n) is 9.02. The number of ether oxygens (including phenoxy) is 4. The Balaban J connectivity index is 1.59. The van der Waals surface area contributed by atoms with Crippen molar-refractivity contribution < 1.29 is 23.7 Å². The Morgan fingerprint density at radius 3 is 1.84 bits per heavy atom. The number of carbonyl (C=O) groups excluding carboxylic acids is 1. The number of carbonyl (C=O) groups is 1. The largest absolute Gasteiger partial charge is 0.374 e. The van der Waals surface area contributed by atoms with Gasteiger partial charge in [0.1, 0.15) is 18.3 Å². The molecule has 1 N–H and O–H groups in total. The molecular weight excluding hydrogens is 484 g/mol. The standard InChI is InChI=1S/C29H32N4O5/c1-21(34)31-26-28(37-19-24-15-9-4-10-16-24)27(36-18-23-13-7-3-8-14-23)25(38-29(26)32-33-30)20-35-17-22-11-5-2-6-12-22/h2-16,25-29H,17-20H2,1H3,(H,31,34)/t25-,26-,27-,28-,29+/m1/s1. The first-order valence-corrected chi connectivity index (χ1v) is 12.5. The van der Waals surface area contributed by atoms with E-state index in [0.717, 1.165) is 16.7 Å². The topological polar surface area (TPSA) is 115 Å². The fourth-order valence-electron chi connectivity index (χ4n) is 4.39. The highest BCUT2D eigenvalue weighted by atomic mass is 16.6. The van der Waals surface area contributed by atoms with E-state index in [4.69, 9.17) is 18.9 Å². The second kappa shape index (κ2) is 14.3. The van der Waals surface area contributed by atoms with E-state index in [1.807, 2.05) is 91.0 Å². The van der Waals surface area contributed by atoms with Gasteiger partial charge in [-0.25, -0.2) is 0 Å². The van der Waals surface area contributed by atoms with Crippen molar-refractivity contribution in [2.75, 3.05) is 6.61 Å². The Hall–Kier alpha value is -3.72. The predicted molar refractivity (Wildman–Crippen MR) is 142 cm³/mol. The number of nitrogens with one attached hydrogen (secondary N) is 1. The Labute approximate surface area is 222 Å². The molecule has 1 heterocycles. The van der Waals surface area contributed by atoms with E-state index in [-0.39, 0.29) is 19.1 Å². The molecule has 3 aromatic rings. The highest BCUT2D eigenvalue weighted by Crippen LogP contribution is 2.29. The minimum Gasteiger partial charge on any atom is -0.374 e. The van der Waals surface area contributed by atoms with Crippen molar-refractivity contribution in [2.45, 2.75) is 57.3 Å². The number of benzene rings is 3. The van der Waals surface area contributed by atoms with Gasteiger partial charge in [0.05, 0.1) is 32.5 Å². The van der Waals surface area contributed by atoms with Gasteiger partial charge in [-0.2, -0.15) is 0 Å². The fourth-order valence-corrected chi connectivity index (χ4v) is 4.39. The van der Waals surface area contributed by atoms with Crippen molar-refractivity contribution in [1.82, 2.24) is 5.32 Å². The van der Waals surface area contributed by atoms with Crippen molar-refractivity contribution in [3.63, 3.8) is 0 Å². The Morgan fingerprint density at radius 1 is 0.842 bits per heavy atom. The zero-order valence-corrected chi connectivity index (χ0v) is 21.3. The summed E-state index contributed by atoms with van der Waals surface area (Å²) in [7, 11) is 0. The molecule has 4 rings (SSSR count). The first-order chi connectivity index (χ1) is 18.6. The van der Waals surface area contributed by atoms with Crippen LogP contribution in [-0.4, -0.2) is 43.1 Å². The van der Waals surface area contributed by atoms with Crippen LogP contribution in [0.15, 0.2) is 96.1 Å². The van der Waals surface area contributed by atoms with E-state index in [0.29, 0.717) is 13.2 Å². The third-order valence-corrected chi connectivity index (χ3v) is 6.17. The van der Waals surface area contributed by atoms with Crippen molar-refractivity contribution in [1.29, 1.82) is 0 Å². The SMILES string of the molecule is CC(=O)N[C@@H]1[C@@H](OCc2ccccc2)[C@H](OCc2ccccc2)[C@@H](COCc2ccccc2)O[C@@H]1N=[N+]=[N-]. The molecule has 3 aromatic carbocycles. The molecule has 1 saturated heterocycles. The molecule has 38 heavy (non-hydrogen) atoms. The summed E-state index contributed by atoms with van der Waals surface area (Å²) in [6.45, 7) is 2.52. The van der Waals surface area contributed by atoms with Gasteiger partial charge >= 0.3 is 0 Å². The predicted octanol–water partition coefficient (Wildman–Crippen LogP) is 4.91. The summed E-state index contributed by atoms with van der Waals surface area (Å²) < 4.78 is 25.0. The lowest BCUT2D eigenvalue weighted by molar-refractivity contribution is -0.231. The van der Waals surface area contributed by atoms with Crippen LogP contribution in [0.3, 0.4) is 0 Å². The molecule has 0 bridgehead atoms. The fraction of sp³-hybridized carbons (Fsp3) is 0.345. The Bertz CT molecular complexity index is 1180. The van der Waals surface area contributed by atoms with Gasteiger partial charge in [-0.1, -0.05) is 96.1 Å². The third-order valence-electron chi connectivity index (χ3n) is 6.17. The summed E-state index contributed by atoms with van der Waals surface area (Å²) in [4.78, 5) is 15.1. The molecule has 5 atom stereocenters. The number of nitrogens with zero attached hydrogens (tertiary/aromatic N) is 3. The molecule has 9 heteroatoms. The second-order valence-corrected chi connectivity index (χ2v) is 9.02. The zero-order chi connectivity index (χ0) is 26.6. The zero-order valence-electron chi connectivity index (χ0n) is 21.3. The summed E-state index contributed by atoms with van der Waals surface area (Å²) >= 11 is 0. The van der Waals surface area contributed by atoms with Crippen molar-refractivity contribution >= 4 is 5.91 Å². The van der Waals surface area contributed by atoms with Gasteiger partial charge < -0.3 is 24.3 Å². The normalized spacial score (nSPS) is 22.8. The molecule has 0 unspecified atom stereocenters. The summed E-state index contributed by atoms with van der Waals surface area (Å²) in [5, 5.41) is 6.70. The van der Waals surface area contributed by atoms with Crippen LogP contribution < -0.4 is 5.32 Å². The van der Waals surface area contributed by atoms with E-state index in [1.54, 1.807) is 0 Å². The van der Waals surface area contributed by atoms with Crippen molar-refractivity contribution in [2.24, 2.45) is 5.11 Å². The van der Waals surface area contributed by atoms with E-state index in [2.05, 4.69) is 15.3 Å². The molecule has 0 saturated carbocycles. The van der Waals surface area contributed by atoms with E-state index in [9.17, 15) is 10.3 Å². The maximum Gasteiger partial charge on any atom is 0.217 e. The lowest BCUT2D eigenvalue weighted by atomic mass is 9.95. The van der Waals surface area contributed by atoms with Crippen LogP contribution in [0.5, 0.6) is 0 Å². The summed E-state index contributed by atoms with van der Waals surface area (Å²) in [6.07, 6.45) is -2.94. The Kier molecular flexibility index (Phi) is 10.3. The van der Waals surface area contributed by atoms with Crippen LogP contribution in [-0.2, 0) is 43.6 Å². The van der Waals surface area contributed by atoms with Crippen LogP contribution in [0.2, 0.25) is 0 Å². The molecule has 0 aliphatic carbocycles. The van der Waals surface area contributed by atoms with Gasteiger partial charge in [-0.15, -0.1) is 0 Å². The van der Waals surface area contributed by atoms with Gasteiger partial charge in [-0.05, 0) is 22.2 Å². The molecule has 9 nitrogen and oxygen atoms in total. The number of amides is 1.